The lowest BCUT2D eigenvalue weighted by Gasteiger charge is -2.12. The minimum Gasteiger partial charge on any atom is -0.350 e. The first kappa shape index (κ1) is 22.5. The topological polar surface area (TPSA) is 76.0 Å². The Kier molecular flexibility index (Phi) is 6.75. The van der Waals surface area contributed by atoms with Gasteiger partial charge in [-0.05, 0) is 63.1 Å². The summed E-state index contributed by atoms with van der Waals surface area (Å²) in [6.45, 7) is 7.59. The molecule has 0 spiro atoms. The van der Waals surface area contributed by atoms with Crippen LogP contribution in [0.2, 0.25) is 5.15 Å². The number of halogens is 2. The number of aromatic nitrogens is 2. The summed E-state index contributed by atoms with van der Waals surface area (Å²) in [5.41, 5.74) is 3.29. The number of benzene rings is 2. The minimum absolute atomic E-state index is 0.00134. The molecule has 162 valence electrons. The molecule has 0 aliphatic carbocycles. The summed E-state index contributed by atoms with van der Waals surface area (Å²) in [6.07, 6.45) is 0. The van der Waals surface area contributed by atoms with E-state index < -0.39 is 5.91 Å². The highest BCUT2D eigenvalue weighted by Crippen LogP contribution is 2.23. The fraction of sp³-hybridized carbons (Fsp3) is 0.261. The molecule has 2 amide bonds. The van der Waals surface area contributed by atoms with Crippen LogP contribution in [0, 0.1) is 19.7 Å². The zero-order valence-corrected chi connectivity index (χ0v) is 18.5. The Bertz CT molecular complexity index is 1120. The second-order valence-corrected chi connectivity index (χ2v) is 8.01. The maximum atomic E-state index is 13.1. The number of anilines is 1. The zero-order valence-electron chi connectivity index (χ0n) is 17.8. The highest BCUT2D eigenvalue weighted by atomic mass is 35.5. The Balaban J connectivity index is 1.81. The van der Waals surface area contributed by atoms with E-state index >= 15 is 0 Å². The molecule has 0 radical (unpaired) electrons. The number of nitrogens with zero attached hydrogens (tertiary/aromatic N) is 2. The SMILES string of the molecule is Cc1ccc(NC(=O)c2c(C)nn(Cc3ccc(F)cc3)c2Cl)cc1C(=O)NC(C)C. The minimum atomic E-state index is -0.424. The second kappa shape index (κ2) is 9.31. The fourth-order valence-electron chi connectivity index (χ4n) is 3.16. The van der Waals surface area contributed by atoms with Crippen molar-refractivity contribution in [1.82, 2.24) is 15.1 Å². The lowest BCUT2D eigenvalue weighted by Crippen LogP contribution is -2.30. The summed E-state index contributed by atoms with van der Waals surface area (Å²) in [6, 6.07) is 11.1. The average molecular weight is 443 g/mol. The smallest absolute Gasteiger partial charge is 0.260 e. The van der Waals surface area contributed by atoms with Gasteiger partial charge >= 0.3 is 0 Å². The van der Waals surface area contributed by atoms with Crippen molar-refractivity contribution in [2.24, 2.45) is 0 Å². The molecule has 0 saturated carbocycles. The Morgan fingerprint density at radius 1 is 1.10 bits per heavy atom. The van der Waals surface area contributed by atoms with Crippen molar-refractivity contribution in [2.45, 2.75) is 40.3 Å². The molecule has 0 fully saturated rings. The monoisotopic (exact) mass is 442 g/mol. The molecule has 3 aromatic rings. The van der Waals surface area contributed by atoms with Gasteiger partial charge in [-0.25, -0.2) is 9.07 Å². The molecule has 0 aliphatic heterocycles. The van der Waals surface area contributed by atoms with Gasteiger partial charge in [0.25, 0.3) is 11.8 Å². The number of carbonyl (C=O) groups is 2. The third kappa shape index (κ3) is 5.30. The molecule has 6 nitrogen and oxygen atoms in total. The standard InChI is InChI=1S/C23H24ClFN4O2/c1-13(2)26-22(30)19-11-18(10-5-14(19)3)27-23(31)20-15(4)28-29(21(20)24)12-16-6-8-17(25)9-7-16/h5-11,13H,12H2,1-4H3,(H,26,30)(H,27,31). The maximum absolute atomic E-state index is 13.1. The number of aryl methyl sites for hydroxylation is 2. The van der Waals surface area contributed by atoms with Crippen LogP contribution in [-0.2, 0) is 6.54 Å². The quantitative estimate of drug-likeness (QED) is 0.579. The Morgan fingerprint density at radius 3 is 2.42 bits per heavy atom. The molecule has 3 rings (SSSR count). The number of hydrogen-bond acceptors (Lipinski definition) is 3. The third-order valence-electron chi connectivity index (χ3n) is 4.70. The summed E-state index contributed by atoms with van der Waals surface area (Å²) >= 11 is 6.44. The number of nitrogens with one attached hydrogen (secondary N) is 2. The van der Waals surface area contributed by atoms with E-state index in [1.807, 2.05) is 20.8 Å². The first-order valence-electron chi connectivity index (χ1n) is 9.86. The number of carbonyl (C=O) groups excluding carboxylic acids is 2. The molecular weight excluding hydrogens is 419 g/mol. The van der Waals surface area contributed by atoms with E-state index in [-0.39, 0.29) is 28.5 Å². The van der Waals surface area contributed by atoms with Gasteiger partial charge < -0.3 is 10.6 Å². The van der Waals surface area contributed by atoms with E-state index in [0.29, 0.717) is 23.5 Å². The Morgan fingerprint density at radius 2 is 1.77 bits per heavy atom. The molecule has 0 unspecified atom stereocenters. The molecule has 1 heterocycles. The van der Waals surface area contributed by atoms with Gasteiger partial charge in [0.1, 0.15) is 11.0 Å². The van der Waals surface area contributed by atoms with E-state index in [1.54, 1.807) is 37.3 Å². The molecule has 2 N–H and O–H groups in total. The predicted molar refractivity (Wildman–Crippen MR) is 119 cm³/mol. The van der Waals surface area contributed by atoms with Gasteiger partial charge in [0.15, 0.2) is 0 Å². The van der Waals surface area contributed by atoms with E-state index in [1.165, 1.54) is 16.8 Å². The largest absolute Gasteiger partial charge is 0.350 e. The summed E-state index contributed by atoms with van der Waals surface area (Å²) in [5.74, 6) is -0.956. The number of amides is 2. The van der Waals surface area contributed by atoms with Crippen molar-refractivity contribution < 1.29 is 14.0 Å². The van der Waals surface area contributed by atoms with Gasteiger partial charge in [-0.3, -0.25) is 9.59 Å². The molecule has 1 aromatic heterocycles. The average Bonchev–Trinajstić information content (AvgIpc) is 2.97. The number of rotatable bonds is 6. The van der Waals surface area contributed by atoms with Gasteiger partial charge in [-0.15, -0.1) is 0 Å². The first-order chi connectivity index (χ1) is 14.7. The van der Waals surface area contributed by atoms with Crippen LogP contribution in [0.1, 0.15) is 51.4 Å². The molecule has 31 heavy (non-hydrogen) atoms. The van der Waals surface area contributed by atoms with Gasteiger partial charge in [-0.1, -0.05) is 29.8 Å². The van der Waals surface area contributed by atoms with Crippen molar-refractivity contribution in [3.63, 3.8) is 0 Å². The highest BCUT2D eigenvalue weighted by molar-refractivity contribution is 6.33. The van der Waals surface area contributed by atoms with Gasteiger partial charge in [-0.2, -0.15) is 5.10 Å². The second-order valence-electron chi connectivity index (χ2n) is 7.65. The summed E-state index contributed by atoms with van der Waals surface area (Å²) in [4.78, 5) is 25.3. The first-order valence-corrected chi connectivity index (χ1v) is 10.2. The van der Waals surface area contributed by atoms with Crippen molar-refractivity contribution in [3.8, 4) is 0 Å². The van der Waals surface area contributed by atoms with Crippen LogP contribution in [-0.4, -0.2) is 27.6 Å². The Labute approximate surface area is 185 Å². The molecule has 0 atom stereocenters. The van der Waals surface area contributed by atoms with Crippen LogP contribution >= 0.6 is 11.6 Å². The van der Waals surface area contributed by atoms with E-state index in [2.05, 4.69) is 15.7 Å². The molecule has 2 aromatic carbocycles. The molecule has 0 saturated heterocycles. The molecular formula is C23H24ClFN4O2. The lowest BCUT2D eigenvalue weighted by molar-refractivity contribution is 0.0941. The van der Waals surface area contributed by atoms with Crippen molar-refractivity contribution >= 4 is 29.1 Å². The van der Waals surface area contributed by atoms with Crippen molar-refractivity contribution in [1.29, 1.82) is 0 Å². The van der Waals surface area contributed by atoms with Crippen molar-refractivity contribution in [2.75, 3.05) is 5.32 Å². The van der Waals surface area contributed by atoms with Crippen LogP contribution in [0.15, 0.2) is 42.5 Å². The van der Waals surface area contributed by atoms with Gasteiger partial charge in [0, 0.05) is 17.3 Å². The predicted octanol–water partition coefficient (Wildman–Crippen LogP) is 4.73. The lowest BCUT2D eigenvalue weighted by atomic mass is 10.1. The van der Waals surface area contributed by atoms with Crippen LogP contribution in [0.4, 0.5) is 10.1 Å². The zero-order chi connectivity index (χ0) is 22.7. The third-order valence-corrected chi connectivity index (χ3v) is 5.08. The number of hydrogen-bond donors (Lipinski definition) is 2. The summed E-state index contributed by atoms with van der Waals surface area (Å²) in [7, 11) is 0. The molecule has 0 aliphatic rings. The van der Waals surface area contributed by atoms with E-state index in [0.717, 1.165) is 11.1 Å². The van der Waals surface area contributed by atoms with Gasteiger partial charge in [0.05, 0.1) is 17.8 Å². The van der Waals surface area contributed by atoms with Crippen LogP contribution in [0.5, 0.6) is 0 Å². The van der Waals surface area contributed by atoms with Gasteiger partial charge in [0.2, 0.25) is 0 Å². The fourth-order valence-corrected chi connectivity index (χ4v) is 3.48. The van der Waals surface area contributed by atoms with Crippen LogP contribution in [0.3, 0.4) is 0 Å². The molecule has 8 heteroatoms. The highest BCUT2D eigenvalue weighted by Gasteiger charge is 2.21. The van der Waals surface area contributed by atoms with E-state index in [4.69, 9.17) is 11.6 Å². The van der Waals surface area contributed by atoms with Crippen LogP contribution in [0.25, 0.3) is 0 Å². The molecule has 0 bridgehead atoms. The van der Waals surface area contributed by atoms with Crippen molar-refractivity contribution in [3.05, 3.63) is 81.4 Å². The summed E-state index contributed by atoms with van der Waals surface area (Å²) < 4.78 is 14.6. The Hall–Kier alpha value is -3.19. The normalized spacial score (nSPS) is 10.9. The maximum Gasteiger partial charge on any atom is 0.260 e. The summed E-state index contributed by atoms with van der Waals surface area (Å²) in [5, 5.41) is 10.2. The van der Waals surface area contributed by atoms with E-state index in [9.17, 15) is 14.0 Å². The van der Waals surface area contributed by atoms with Crippen LogP contribution < -0.4 is 10.6 Å².